The second-order valence-electron chi connectivity index (χ2n) is 9.19. The predicted molar refractivity (Wildman–Crippen MR) is 120 cm³/mol. The molecule has 0 amide bonds. The molecule has 0 radical (unpaired) electrons. The number of rotatable bonds is 4. The van der Waals surface area contributed by atoms with E-state index in [2.05, 4.69) is 48.6 Å². The summed E-state index contributed by atoms with van der Waals surface area (Å²) in [6, 6.07) is 7.17. The monoisotopic (exact) mass is 509 g/mol. The Kier molecular flexibility index (Phi) is 6.52. The van der Waals surface area contributed by atoms with Gasteiger partial charge in [-0.1, -0.05) is 0 Å². The molecule has 0 N–H and O–H groups in total. The molecule has 3 rings (SSSR count). The molecular weight excluding hydrogens is 476 g/mol. The maximum absolute atomic E-state index is 13.2. The van der Waals surface area contributed by atoms with E-state index in [9.17, 15) is 8.42 Å². The zero-order chi connectivity index (χ0) is 20.7. The first-order valence-corrected chi connectivity index (χ1v) is 21.5. The van der Waals surface area contributed by atoms with E-state index >= 15 is 0 Å². The first-order chi connectivity index (χ1) is 13.0. The summed E-state index contributed by atoms with van der Waals surface area (Å²) in [6.07, 6.45) is 0. The minimum absolute atomic E-state index is 0.232. The third kappa shape index (κ3) is 4.92. The molecule has 5 nitrogen and oxygen atoms in total. The molecule has 28 heavy (non-hydrogen) atoms. The van der Waals surface area contributed by atoms with Crippen LogP contribution in [0.2, 0.25) is 14.8 Å². The van der Waals surface area contributed by atoms with Gasteiger partial charge in [0.25, 0.3) is 0 Å². The molecule has 152 valence electrons. The van der Waals surface area contributed by atoms with E-state index in [4.69, 9.17) is 0 Å². The van der Waals surface area contributed by atoms with Crippen LogP contribution in [0.5, 0.6) is 0 Å². The molecule has 0 bridgehead atoms. The molecule has 0 saturated carbocycles. The molecule has 0 unspecified atom stereocenters. The van der Waals surface area contributed by atoms with Crippen molar-refractivity contribution in [3.8, 4) is 0 Å². The van der Waals surface area contributed by atoms with Crippen LogP contribution in [0.25, 0.3) is 0 Å². The van der Waals surface area contributed by atoms with Gasteiger partial charge in [0, 0.05) is 0 Å². The van der Waals surface area contributed by atoms with Gasteiger partial charge in [0.2, 0.25) is 0 Å². The Labute approximate surface area is 175 Å². The van der Waals surface area contributed by atoms with E-state index in [1.165, 1.54) is 11.1 Å². The molecule has 2 aliphatic heterocycles. The van der Waals surface area contributed by atoms with E-state index in [1.54, 1.807) is 16.4 Å². The summed E-state index contributed by atoms with van der Waals surface area (Å²) in [5.41, 5.74) is 3.45. The fourth-order valence-corrected chi connectivity index (χ4v) is 9.01. The van der Waals surface area contributed by atoms with Gasteiger partial charge in [-0.15, -0.1) is 0 Å². The number of sulfonamides is 1. The quantitative estimate of drug-likeness (QED) is 0.588. The zero-order valence-electron chi connectivity index (χ0n) is 17.9. The van der Waals surface area contributed by atoms with Crippen LogP contribution in [-0.4, -0.2) is 88.0 Å². The van der Waals surface area contributed by atoms with Crippen molar-refractivity contribution >= 4 is 35.4 Å². The number of hydrogen-bond acceptors (Lipinski definition) is 4. The Morgan fingerprint density at radius 2 is 1.50 bits per heavy atom. The van der Waals surface area contributed by atoms with Crippen molar-refractivity contribution in [1.82, 2.24) is 13.9 Å². The average molecular weight is 508 g/mol. The average Bonchev–Trinajstić information content (AvgIpc) is 3.12. The minimum atomic E-state index is -3.49. The van der Waals surface area contributed by atoms with Crippen molar-refractivity contribution < 1.29 is 8.42 Å². The SMILES string of the molecule is Cc1ccc(S(=O)(=O)N2CC(=C\B3N(C)CCN3C)/C(=[CH]\[Sn]([CH3])([CH3])[CH3])C2)cc1. The van der Waals surface area contributed by atoms with Crippen LogP contribution < -0.4 is 0 Å². The van der Waals surface area contributed by atoms with E-state index in [0.29, 0.717) is 18.0 Å². The summed E-state index contributed by atoms with van der Waals surface area (Å²) in [5, 5.41) is 0. The molecule has 0 aliphatic carbocycles. The van der Waals surface area contributed by atoms with Crippen molar-refractivity contribution in [3.05, 3.63) is 51.0 Å². The van der Waals surface area contributed by atoms with E-state index in [1.807, 2.05) is 19.1 Å². The van der Waals surface area contributed by atoms with Gasteiger partial charge in [-0.05, 0) is 0 Å². The van der Waals surface area contributed by atoms with E-state index in [0.717, 1.165) is 18.7 Å². The Balaban J connectivity index is 1.96. The van der Waals surface area contributed by atoms with Crippen molar-refractivity contribution in [1.29, 1.82) is 0 Å². The van der Waals surface area contributed by atoms with Gasteiger partial charge >= 0.3 is 176 Å². The molecular formula is C20H32BN3O2SSn. The van der Waals surface area contributed by atoms with Crippen LogP contribution in [0.15, 0.2) is 50.4 Å². The van der Waals surface area contributed by atoms with Gasteiger partial charge in [0.05, 0.1) is 0 Å². The summed E-state index contributed by atoms with van der Waals surface area (Å²) in [6.45, 7) is 5.22. The topological polar surface area (TPSA) is 43.9 Å². The van der Waals surface area contributed by atoms with Crippen LogP contribution >= 0.6 is 0 Å². The van der Waals surface area contributed by atoms with Crippen molar-refractivity contribution in [2.45, 2.75) is 26.6 Å². The molecule has 2 saturated heterocycles. The standard InChI is InChI=1S/C17H23BN3O2S.3CH3.Sn/c1-14-5-7-17(8-6-14)24(22,23)21-12-15(2)16(13-21)11-18-19(3)9-10-20(18)4;;;;/h2,5-8,11H,9-10,12-13H2,1,3-4H3;3*1H3;/b15-2?,16-11+;;;;. The van der Waals surface area contributed by atoms with E-state index < -0.39 is 28.4 Å². The second kappa shape index (κ2) is 8.26. The third-order valence-electron chi connectivity index (χ3n) is 5.43. The third-order valence-corrected chi connectivity index (χ3v) is 10.7. The predicted octanol–water partition coefficient (Wildman–Crippen LogP) is 2.63. The van der Waals surface area contributed by atoms with Gasteiger partial charge in [-0.3, -0.25) is 0 Å². The number of benzene rings is 1. The van der Waals surface area contributed by atoms with Gasteiger partial charge in [0.15, 0.2) is 0 Å². The summed E-state index contributed by atoms with van der Waals surface area (Å²) >= 11 is -2.23. The maximum atomic E-state index is 13.2. The number of hydrogen-bond donors (Lipinski definition) is 0. The molecule has 1 aromatic carbocycles. The van der Waals surface area contributed by atoms with Crippen LogP contribution in [0.1, 0.15) is 5.56 Å². The number of nitrogens with zero attached hydrogens (tertiary/aromatic N) is 3. The molecule has 1 aromatic rings. The molecule has 0 spiro atoms. The van der Waals surface area contributed by atoms with Crippen molar-refractivity contribution in [3.63, 3.8) is 0 Å². The van der Waals surface area contributed by atoms with Crippen LogP contribution in [-0.2, 0) is 10.0 Å². The van der Waals surface area contributed by atoms with Crippen molar-refractivity contribution in [2.24, 2.45) is 0 Å². The molecule has 2 fully saturated rings. The summed E-state index contributed by atoms with van der Waals surface area (Å²) in [4.78, 5) is 12.1. The zero-order valence-corrected chi connectivity index (χ0v) is 21.6. The Hall–Kier alpha value is -0.606. The number of likely N-dealkylation sites (N-methyl/N-ethyl adjacent to an activating group) is 2. The van der Waals surface area contributed by atoms with Crippen LogP contribution in [0.3, 0.4) is 0 Å². The normalized spacial score (nSPS) is 23.4. The second-order valence-corrected chi connectivity index (χ2v) is 25.5. The summed E-state index contributed by atoms with van der Waals surface area (Å²) in [5.74, 6) is 2.28. The first-order valence-electron chi connectivity index (χ1n) is 9.87. The van der Waals surface area contributed by atoms with E-state index in [-0.39, 0.29) is 6.98 Å². The molecule has 2 aliphatic rings. The molecule has 0 aromatic heterocycles. The van der Waals surface area contributed by atoms with Gasteiger partial charge in [-0.2, -0.15) is 0 Å². The fourth-order valence-electron chi connectivity index (χ4n) is 3.84. The molecule has 2 heterocycles. The molecule has 8 heteroatoms. The van der Waals surface area contributed by atoms with Crippen LogP contribution in [0.4, 0.5) is 0 Å². The Morgan fingerprint density at radius 3 is 2.04 bits per heavy atom. The molecule has 0 atom stereocenters. The first kappa shape index (κ1) is 22.1. The van der Waals surface area contributed by atoms with Crippen LogP contribution in [0, 0.1) is 6.92 Å². The van der Waals surface area contributed by atoms with Gasteiger partial charge in [-0.25, -0.2) is 0 Å². The fraction of sp³-hybridized carbons (Fsp3) is 0.500. The summed E-state index contributed by atoms with van der Waals surface area (Å²) in [7, 11) is 0.775. The Bertz CT molecular complexity index is 881. The van der Waals surface area contributed by atoms with Gasteiger partial charge < -0.3 is 0 Å². The number of aryl methyl sites for hydroxylation is 1. The van der Waals surface area contributed by atoms with Gasteiger partial charge in [0.1, 0.15) is 0 Å². The van der Waals surface area contributed by atoms with Crippen molar-refractivity contribution in [2.75, 3.05) is 40.3 Å². The summed E-state index contributed by atoms with van der Waals surface area (Å²) < 4.78 is 30.5. The Morgan fingerprint density at radius 1 is 0.964 bits per heavy atom.